The van der Waals surface area contributed by atoms with Gasteiger partial charge in [0, 0.05) is 38.7 Å². The average Bonchev–Trinajstić information content (AvgIpc) is 3.48. The Balaban J connectivity index is 1.52. The Hall–Kier alpha value is -3.33. The highest BCUT2D eigenvalue weighted by Gasteiger charge is 2.33. The van der Waals surface area contributed by atoms with Crippen molar-refractivity contribution < 1.29 is 4.79 Å². The monoisotopic (exact) mass is 432 g/mol. The van der Waals surface area contributed by atoms with Crippen LogP contribution in [-0.4, -0.2) is 51.8 Å². The molecule has 5 heterocycles. The summed E-state index contributed by atoms with van der Waals surface area (Å²) in [7, 11) is 5.75. The first-order valence-corrected chi connectivity index (χ1v) is 11.1. The summed E-state index contributed by atoms with van der Waals surface area (Å²) in [5, 5.41) is 12.0. The van der Waals surface area contributed by atoms with Gasteiger partial charge >= 0.3 is 0 Å². The fraction of sp³-hybridized carbons (Fsp3) is 0.435. The summed E-state index contributed by atoms with van der Waals surface area (Å²) in [6.07, 6.45) is 3.07. The maximum absolute atomic E-state index is 13.4. The van der Waals surface area contributed by atoms with E-state index >= 15 is 0 Å². The molecule has 0 unspecified atom stereocenters. The van der Waals surface area contributed by atoms with Gasteiger partial charge < -0.3 is 14.8 Å². The average molecular weight is 433 g/mol. The van der Waals surface area contributed by atoms with Crippen LogP contribution in [0, 0.1) is 0 Å². The van der Waals surface area contributed by atoms with Gasteiger partial charge in [0.2, 0.25) is 0 Å². The molecule has 3 aromatic rings. The summed E-state index contributed by atoms with van der Waals surface area (Å²) in [5.41, 5.74) is 3.28. The van der Waals surface area contributed by atoms with Gasteiger partial charge in [-0.1, -0.05) is 13.0 Å². The van der Waals surface area contributed by atoms with Crippen molar-refractivity contribution in [3.8, 4) is 11.5 Å². The Bertz CT molecular complexity index is 1180. The van der Waals surface area contributed by atoms with Crippen LogP contribution < -0.4 is 15.1 Å². The first-order valence-electron chi connectivity index (χ1n) is 11.1. The van der Waals surface area contributed by atoms with Crippen molar-refractivity contribution in [2.45, 2.75) is 45.3 Å². The van der Waals surface area contributed by atoms with Crippen LogP contribution in [-0.2, 0) is 19.5 Å². The standard InChI is InChI=1S/C23H28N8O/c1-5-14-9-10-20-27-28-22(31(14)20)17-7-6-8-19(25-17)30-13-16-15(23(30)32)11-21(29(3)4)26-18(16)12-24-2/h6-8,11,14,24H,5,9-10,12-13H2,1-4H3/t14-/m0/s1. The molecule has 0 aromatic carbocycles. The third kappa shape index (κ3) is 3.24. The third-order valence-corrected chi connectivity index (χ3v) is 6.33. The Morgan fingerprint density at radius 1 is 1.22 bits per heavy atom. The van der Waals surface area contributed by atoms with Gasteiger partial charge in [0.15, 0.2) is 5.82 Å². The number of carbonyl (C=O) groups excluding carboxylic acids is 1. The molecule has 1 atom stereocenters. The summed E-state index contributed by atoms with van der Waals surface area (Å²) in [4.78, 5) is 26.6. The lowest BCUT2D eigenvalue weighted by molar-refractivity contribution is 0.0996. The normalized spacial score (nSPS) is 17.1. The molecule has 2 aliphatic heterocycles. The SMILES string of the molecule is CC[C@H]1CCc2nnc(-c3cccc(N4Cc5c(cc(N(C)C)nc5CNC)C4=O)n3)n21. The first-order chi connectivity index (χ1) is 15.5. The molecule has 32 heavy (non-hydrogen) atoms. The topological polar surface area (TPSA) is 92.1 Å². The van der Waals surface area contributed by atoms with E-state index in [1.54, 1.807) is 4.90 Å². The number of amides is 1. The second-order valence-corrected chi connectivity index (χ2v) is 8.56. The van der Waals surface area contributed by atoms with Gasteiger partial charge in [-0.25, -0.2) is 9.97 Å². The number of pyridine rings is 2. The van der Waals surface area contributed by atoms with Crippen LogP contribution >= 0.6 is 0 Å². The van der Waals surface area contributed by atoms with Gasteiger partial charge in [-0.15, -0.1) is 10.2 Å². The van der Waals surface area contributed by atoms with Crippen LogP contribution in [0.5, 0.6) is 0 Å². The molecule has 0 radical (unpaired) electrons. The van der Waals surface area contributed by atoms with Crippen LogP contribution in [0.25, 0.3) is 11.5 Å². The molecule has 0 saturated heterocycles. The van der Waals surface area contributed by atoms with E-state index in [2.05, 4.69) is 27.0 Å². The maximum atomic E-state index is 13.4. The highest BCUT2D eigenvalue weighted by molar-refractivity contribution is 6.10. The molecule has 0 saturated carbocycles. The van der Waals surface area contributed by atoms with E-state index in [1.165, 1.54) is 0 Å². The maximum Gasteiger partial charge on any atom is 0.260 e. The minimum atomic E-state index is -0.0505. The zero-order valence-corrected chi connectivity index (χ0v) is 19.0. The van der Waals surface area contributed by atoms with E-state index in [0.29, 0.717) is 30.5 Å². The number of hydrogen-bond donors (Lipinski definition) is 1. The molecule has 0 aliphatic carbocycles. The summed E-state index contributed by atoms with van der Waals surface area (Å²) in [6.45, 7) is 3.24. The van der Waals surface area contributed by atoms with Crippen molar-refractivity contribution in [3.63, 3.8) is 0 Å². The number of rotatable bonds is 6. The van der Waals surface area contributed by atoms with Gasteiger partial charge in [-0.05, 0) is 38.1 Å². The predicted octanol–water partition coefficient (Wildman–Crippen LogP) is 2.58. The molecule has 0 fully saturated rings. The molecule has 9 nitrogen and oxygen atoms in total. The lowest BCUT2D eigenvalue weighted by atomic mass is 10.1. The van der Waals surface area contributed by atoms with Crippen LogP contribution in [0.4, 0.5) is 11.6 Å². The third-order valence-electron chi connectivity index (χ3n) is 6.33. The summed E-state index contributed by atoms with van der Waals surface area (Å²) < 4.78 is 2.21. The first kappa shape index (κ1) is 20.6. The number of aryl methyl sites for hydroxylation is 1. The summed E-state index contributed by atoms with van der Waals surface area (Å²) in [5.74, 6) is 3.14. The molecule has 0 bridgehead atoms. The summed E-state index contributed by atoms with van der Waals surface area (Å²) >= 11 is 0. The van der Waals surface area contributed by atoms with E-state index in [4.69, 9.17) is 9.97 Å². The number of aromatic nitrogens is 5. The Kier molecular flexibility index (Phi) is 5.13. The zero-order chi connectivity index (χ0) is 22.4. The Labute approximate surface area is 187 Å². The molecule has 0 spiro atoms. The number of hydrogen-bond acceptors (Lipinski definition) is 7. The van der Waals surface area contributed by atoms with Crippen molar-refractivity contribution in [1.29, 1.82) is 0 Å². The van der Waals surface area contributed by atoms with Gasteiger partial charge in [0.1, 0.15) is 23.2 Å². The van der Waals surface area contributed by atoms with Crippen molar-refractivity contribution in [2.24, 2.45) is 0 Å². The number of anilines is 2. The second-order valence-electron chi connectivity index (χ2n) is 8.56. The van der Waals surface area contributed by atoms with E-state index in [1.807, 2.05) is 50.3 Å². The predicted molar refractivity (Wildman–Crippen MR) is 123 cm³/mol. The van der Waals surface area contributed by atoms with E-state index < -0.39 is 0 Å². The Morgan fingerprint density at radius 3 is 2.81 bits per heavy atom. The van der Waals surface area contributed by atoms with Crippen LogP contribution in [0.3, 0.4) is 0 Å². The van der Waals surface area contributed by atoms with Crippen molar-refractivity contribution in [3.05, 3.63) is 46.9 Å². The van der Waals surface area contributed by atoms with Gasteiger partial charge in [-0.3, -0.25) is 9.69 Å². The minimum Gasteiger partial charge on any atom is -0.363 e. The number of nitrogens with zero attached hydrogens (tertiary/aromatic N) is 7. The lowest BCUT2D eigenvalue weighted by Gasteiger charge is -2.16. The number of carbonyl (C=O) groups is 1. The van der Waals surface area contributed by atoms with Crippen LogP contribution in [0.2, 0.25) is 0 Å². The molecular weight excluding hydrogens is 404 g/mol. The fourth-order valence-corrected chi connectivity index (χ4v) is 4.64. The molecule has 1 amide bonds. The molecule has 5 rings (SSSR count). The van der Waals surface area contributed by atoms with Crippen molar-refractivity contribution >= 4 is 17.5 Å². The minimum absolute atomic E-state index is 0.0505. The summed E-state index contributed by atoms with van der Waals surface area (Å²) in [6, 6.07) is 8.03. The second kappa shape index (κ2) is 7.98. The largest absolute Gasteiger partial charge is 0.363 e. The number of nitrogens with one attached hydrogen (secondary N) is 1. The molecule has 2 aliphatic rings. The van der Waals surface area contributed by atoms with Gasteiger partial charge in [-0.2, -0.15) is 0 Å². The van der Waals surface area contributed by atoms with E-state index in [-0.39, 0.29) is 5.91 Å². The highest BCUT2D eigenvalue weighted by Crippen LogP contribution is 2.34. The van der Waals surface area contributed by atoms with Crippen molar-refractivity contribution in [2.75, 3.05) is 30.9 Å². The smallest absolute Gasteiger partial charge is 0.260 e. The van der Waals surface area contributed by atoms with Crippen molar-refractivity contribution in [1.82, 2.24) is 30.0 Å². The van der Waals surface area contributed by atoms with Crippen LogP contribution in [0.1, 0.15) is 53.2 Å². The highest BCUT2D eigenvalue weighted by atomic mass is 16.2. The molecular formula is C23H28N8O. The molecule has 166 valence electrons. The van der Waals surface area contributed by atoms with E-state index in [0.717, 1.165) is 53.7 Å². The van der Waals surface area contributed by atoms with Crippen LogP contribution in [0.15, 0.2) is 24.3 Å². The molecule has 1 N–H and O–H groups in total. The lowest BCUT2D eigenvalue weighted by Crippen LogP contribution is -2.24. The molecule has 9 heteroatoms. The number of fused-ring (bicyclic) bond motifs is 2. The Morgan fingerprint density at radius 2 is 2.06 bits per heavy atom. The van der Waals surface area contributed by atoms with Gasteiger partial charge in [0.05, 0.1) is 17.8 Å². The quantitative estimate of drug-likeness (QED) is 0.640. The zero-order valence-electron chi connectivity index (χ0n) is 19.0. The molecule has 3 aromatic heterocycles. The van der Waals surface area contributed by atoms with Gasteiger partial charge in [0.25, 0.3) is 5.91 Å². The fourth-order valence-electron chi connectivity index (χ4n) is 4.64. The van der Waals surface area contributed by atoms with E-state index in [9.17, 15) is 4.79 Å².